The average molecular weight is 600 g/mol. The van der Waals surface area contributed by atoms with E-state index >= 15 is 0 Å². The highest BCUT2D eigenvalue weighted by Crippen LogP contribution is 2.35. The number of amides is 1. The van der Waals surface area contributed by atoms with Gasteiger partial charge in [0.1, 0.15) is 22.9 Å². The summed E-state index contributed by atoms with van der Waals surface area (Å²) in [4.78, 5) is 17.0. The fourth-order valence-corrected chi connectivity index (χ4v) is 5.78. The van der Waals surface area contributed by atoms with Gasteiger partial charge in [-0.05, 0) is 61.2 Å². The number of halogens is 4. The van der Waals surface area contributed by atoms with E-state index in [4.69, 9.17) is 9.84 Å². The first-order valence-electron chi connectivity index (χ1n) is 12.7. The number of aliphatic hydroxyl groups is 2. The summed E-state index contributed by atoms with van der Waals surface area (Å²) in [5, 5.41) is 21.7. The summed E-state index contributed by atoms with van der Waals surface area (Å²) >= 11 is 0. The molecule has 0 radical (unpaired) electrons. The highest BCUT2D eigenvalue weighted by atomic mass is 32.2. The van der Waals surface area contributed by atoms with E-state index in [0.717, 1.165) is 23.1 Å². The molecule has 0 saturated carbocycles. The summed E-state index contributed by atoms with van der Waals surface area (Å²) in [6.45, 7) is 1.45. The zero-order chi connectivity index (χ0) is 30.0. The summed E-state index contributed by atoms with van der Waals surface area (Å²) in [6, 6.07) is 7.75. The third-order valence-corrected chi connectivity index (χ3v) is 8.61. The Morgan fingerprint density at radius 3 is 2.56 bits per heavy atom. The Hall–Kier alpha value is -3.33. The number of sulfonamides is 1. The van der Waals surface area contributed by atoms with Crippen molar-refractivity contribution in [3.8, 4) is 5.75 Å². The van der Waals surface area contributed by atoms with Gasteiger partial charge in [-0.3, -0.25) is 9.79 Å². The molecule has 0 bridgehead atoms. The number of rotatable bonds is 9. The lowest BCUT2D eigenvalue weighted by Crippen LogP contribution is -2.50. The van der Waals surface area contributed by atoms with Crippen LogP contribution in [-0.4, -0.2) is 72.6 Å². The zero-order valence-corrected chi connectivity index (χ0v) is 22.8. The molecule has 0 aliphatic carbocycles. The Kier molecular flexibility index (Phi) is 8.87. The highest BCUT2D eigenvalue weighted by Gasteiger charge is 2.48. The van der Waals surface area contributed by atoms with E-state index in [9.17, 15) is 35.9 Å². The van der Waals surface area contributed by atoms with Crippen LogP contribution in [0.2, 0.25) is 0 Å². The number of ether oxygens (including phenoxy) is 1. The maximum atomic E-state index is 14.6. The number of piperidine rings is 1. The zero-order valence-electron chi connectivity index (χ0n) is 22.0. The number of hydrogen-bond acceptors (Lipinski definition) is 7. The highest BCUT2D eigenvalue weighted by molar-refractivity contribution is 7.92. The Bertz CT molecular complexity index is 1470. The fraction of sp³-hybridized carbons (Fsp3) is 0.407. The minimum Gasteiger partial charge on any atom is -0.493 e. The molecule has 4 rings (SSSR count). The molecule has 1 fully saturated rings. The normalized spacial score (nSPS) is 18.5. The standard InChI is InChI=1S/C27H29F4N3O6S/c1-17-15-20(40-13-7-19(36)16-35)6-5-18(17)8-14-41(38,39)34-11-9-26(10-12-34)25(37)32-24(33-26)21-3-2-4-22(23(21)28)27(29,30)31/h2-6,8,14-15,19,35-36H,7,9-13,16H2,1H3,(H,32,33,37). The molecule has 2 aromatic rings. The van der Waals surface area contributed by atoms with Crippen LogP contribution in [0.15, 0.2) is 46.8 Å². The second-order valence-electron chi connectivity index (χ2n) is 9.85. The van der Waals surface area contributed by atoms with Crippen LogP contribution in [-0.2, 0) is 21.0 Å². The van der Waals surface area contributed by atoms with Gasteiger partial charge in [-0.1, -0.05) is 12.1 Å². The minimum absolute atomic E-state index is 0.0357. The monoisotopic (exact) mass is 599 g/mol. The van der Waals surface area contributed by atoms with Crippen molar-refractivity contribution in [1.29, 1.82) is 0 Å². The van der Waals surface area contributed by atoms with Crippen LogP contribution in [0, 0.1) is 12.7 Å². The van der Waals surface area contributed by atoms with Gasteiger partial charge in [0, 0.05) is 24.9 Å². The summed E-state index contributed by atoms with van der Waals surface area (Å²) in [5.41, 5.74) is -2.02. The summed E-state index contributed by atoms with van der Waals surface area (Å²) in [7, 11) is -3.89. The Morgan fingerprint density at radius 2 is 1.93 bits per heavy atom. The fourth-order valence-electron chi connectivity index (χ4n) is 4.60. The number of alkyl halides is 3. The number of nitrogens with one attached hydrogen (secondary N) is 1. The first-order valence-corrected chi connectivity index (χ1v) is 14.2. The number of amidine groups is 1. The number of hydrogen-bond donors (Lipinski definition) is 3. The molecule has 2 aliphatic rings. The van der Waals surface area contributed by atoms with Gasteiger partial charge < -0.3 is 20.3 Å². The van der Waals surface area contributed by atoms with E-state index in [-0.39, 0.29) is 51.4 Å². The maximum Gasteiger partial charge on any atom is 0.419 e. The Morgan fingerprint density at radius 1 is 1.22 bits per heavy atom. The van der Waals surface area contributed by atoms with Crippen LogP contribution in [0.1, 0.15) is 41.5 Å². The number of benzene rings is 2. The third kappa shape index (κ3) is 6.77. The van der Waals surface area contributed by atoms with Crippen molar-refractivity contribution in [3.05, 3.63) is 69.9 Å². The smallest absolute Gasteiger partial charge is 0.419 e. The largest absolute Gasteiger partial charge is 0.493 e. The summed E-state index contributed by atoms with van der Waals surface area (Å²) in [6.07, 6.45) is -4.18. The predicted molar refractivity (Wildman–Crippen MR) is 142 cm³/mol. The van der Waals surface area contributed by atoms with Crippen LogP contribution in [0.3, 0.4) is 0 Å². The van der Waals surface area contributed by atoms with Crippen LogP contribution in [0.4, 0.5) is 17.6 Å². The molecule has 9 nitrogen and oxygen atoms in total. The SMILES string of the molecule is Cc1cc(OCCC(O)CO)ccc1C=CS(=O)(=O)N1CCC2(CC1)N=C(c1cccc(C(F)(F)F)c1F)NC2=O. The number of carbonyl (C=O) groups excluding carboxylic acids is 1. The molecule has 2 aliphatic heterocycles. The Labute approximate surface area is 234 Å². The van der Waals surface area contributed by atoms with Crippen molar-refractivity contribution in [1.82, 2.24) is 9.62 Å². The number of carbonyl (C=O) groups is 1. The molecule has 1 unspecified atom stereocenters. The second kappa shape index (κ2) is 11.9. The van der Waals surface area contributed by atoms with E-state index in [1.165, 1.54) is 10.4 Å². The number of aryl methyl sites for hydroxylation is 1. The first kappa shape index (κ1) is 30.6. The predicted octanol–water partition coefficient (Wildman–Crippen LogP) is 2.99. The van der Waals surface area contributed by atoms with E-state index in [1.54, 1.807) is 25.1 Å². The topological polar surface area (TPSA) is 129 Å². The molecule has 222 valence electrons. The molecule has 1 amide bonds. The molecule has 3 N–H and O–H groups in total. The number of aliphatic hydroxyl groups excluding tert-OH is 2. The van der Waals surface area contributed by atoms with Crippen molar-refractivity contribution in [2.24, 2.45) is 4.99 Å². The second-order valence-corrected chi connectivity index (χ2v) is 11.7. The lowest BCUT2D eigenvalue weighted by atomic mass is 9.89. The van der Waals surface area contributed by atoms with E-state index < -0.39 is 50.7 Å². The van der Waals surface area contributed by atoms with Gasteiger partial charge in [-0.2, -0.15) is 17.5 Å². The van der Waals surface area contributed by atoms with Crippen molar-refractivity contribution in [3.63, 3.8) is 0 Å². The molecule has 41 heavy (non-hydrogen) atoms. The van der Waals surface area contributed by atoms with Crippen LogP contribution < -0.4 is 10.1 Å². The maximum absolute atomic E-state index is 14.6. The molecular formula is C27H29F4N3O6S. The first-order chi connectivity index (χ1) is 19.3. The van der Waals surface area contributed by atoms with Crippen molar-refractivity contribution in [2.75, 3.05) is 26.3 Å². The van der Waals surface area contributed by atoms with Gasteiger partial charge in [-0.25, -0.2) is 12.8 Å². The van der Waals surface area contributed by atoms with Crippen molar-refractivity contribution in [2.45, 2.75) is 44.0 Å². The van der Waals surface area contributed by atoms with Crippen LogP contribution in [0.25, 0.3) is 6.08 Å². The molecule has 1 spiro atoms. The van der Waals surface area contributed by atoms with Crippen LogP contribution >= 0.6 is 0 Å². The van der Waals surface area contributed by atoms with Gasteiger partial charge >= 0.3 is 6.18 Å². The third-order valence-electron chi connectivity index (χ3n) is 7.04. The van der Waals surface area contributed by atoms with Gasteiger partial charge in [0.2, 0.25) is 10.0 Å². The van der Waals surface area contributed by atoms with Crippen LogP contribution in [0.5, 0.6) is 5.75 Å². The quantitative estimate of drug-likeness (QED) is 0.381. The molecule has 2 aromatic carbocycles. The lowest BCUT2D eigenvalue weighted by Gasteiger charge is -2.34. The Balaban J connectivity index is 1.42. The molecular weight excluding hydrogens is 570 g/mol. The molecule has 2 heterocycles. The van der Waals surface area contributed by atoms with E-state index in [2.05, 4.69) is 10.3 Å². The van der Waals surface area contributed by atoms with Crippen molar-refractivity contribution >= 4 is 27.8 Å². The number of aliphatic imine (C=N–C) groups is 1. The van der Waals surface area contributed by atoms with Gasteiger partial charge in [-0.15, -0.1) is 0 Å². The molecule has 1 saturated heterocycles. The van der Waals surface area contributed by atoms with E-state index in [1.807, 2.05) is 0 Å². The van der Waals surface area contributed by atoms with E-state index in [0.29, 0.717) is 17.4 Å². The average Bonchev–Trinajstić information content (AvgIpc) is 3.22. The van der Waals surface area contributed by atoms with Gasteiger partial charge in [0.25, 0.3) is 5.91 Å². The lowest BCUT2D eigenvalue weighted by molar-refractivity contribution is -0.140. The minimum atomic E-state index is -4.92. The summed E-state index contributed by atoms with van der Waals surface area (Å²) < 4.78 is 86.7. The van der Waals surface area contributed by atoms with Gasteiger partial charge in [0.05, 0.1) is 30.4 Å². The van der Waals surface area contributed by atoms with Crippen molar-refractivity contribution < 1.29 is 45.7 Å². The van der Waals surface area contributed by atoms with Gasteiger partial charge in [0.15, 0.2) is 0 Å². The molecule has 1 atom stereocenters. The molecule has 14 heteroatoms. The number of nitrogens with zero attached hydrogens (tertiary/aromatic N) is 2. The molecule has 0 aromatic heterocycles. The summed E-state index contributed by atoms with van der Waals surface area (Å²) in [5.74, 6) is -1.96.